The van der Waals surface area contributed by atoms with E-state index in [1.807, 2.05) is 0 Å². The summed E-state index contributed by atoms with van der Waals surface area (Å²) in [5, 5.41) is 13.5. The van der Waals surface area contributed by atoms with Crippen molar-refractivity contribution in [3.8, 4) is 0 Å². The first-order valence-corrected chi connectivity index (χ1v) is 3.14. The number of thiocarbonyl (C=S) groups is 1. The van der Waals surface area contributed by atoms with Crippen molar-refractivity contribution < 1.29 is 0 Å². The molecule has 1 rings (SSSR count). The van der Waals surface area contributed by atoms with Gasteiger partial charge in [-0.3, -0.25) is 5.43 Å². The Morgan fingerprint density at radius 2 is 2.73 bits per heavy atom. The topological polar surface area (TPSA) is 92.0 Å². The fraction of sp³-hybridized carbons (Fsp3) is 0. The van der Waals surface area contributed by atoms with E-state index in [1.165, 1.54) is 12.4 Å². The molecule has 0 aliphatic rings. The molecule has 4 N–H and O–H groups in total. The number of aromatic amines is 1. The Bertz CT molecular complexity index is 252. The molecule has 58 valence electrons. The molecule has 1 aromatic rings. The van der Waals surface area contributed by atoms with E-state index in [9.17, 15) is 0 Å². The van der Waals surface area contributed by atoms with E-state index in [0.29, 0.717) is 5.69 Å². The van der Waals surface area contributed by atoms with Crippen molar-refractivity contribution in [3.63, 3.8) is 0 Å². The average molecular weight is 170 g/mol. The minimum atomic E-state index is 0.116. The first-order chi connectivity index (χ1) is 5.29. The van der Waals surface area contributed by atoms with E-state index >= 15 is 0 Å². The van der Waals surface area contributed by atoms with Crippen LogP contribution in [-0.4, -0.2) is 26.7 Å². The Kier molecular flexibility index (Phi) is 2.50. The van der Waals surface area contributed by atoms with Crippen LogP contribution in [0.2, 0.25) is 0 Å². The van der Waals surface area contributed by atoms with Crippen LogP contribution < -0.4 is 11.2 Å². The van der Waals surface area contributed by atoms with Gasteiger partial charge in [-0.1, -0.05) is 0 Å². The van der Waals surface area contributed by atoms with Crippen LogP contribution in [0, 0.1) is 0 Å². The molecule has 0 saturated heterocycles. The number of H-pyrrole nitrogens is 1. The Labute approximate surface area is 67.9 Å². The van der Waals surface area contributed by atoms with Crippen molar-refractivity contribution in [2.24, 2.45) is 10.8 Å². The van der Waals surface area contributed by atoms with Gasteiger partial charge in [0.05, 0.1) is 12.4 Å². The standard InChI is InChI=1S/C4H6N6S/c5-4(11)9-6-1-3-2-7-10-8-3/h1-2H,(H3,5,9,11)(H,7,8,10). The van der Waals surface area contributed by atoms with Crippen molar-refractivity contribution in [2.75, 3.05) is 0 Å². The third-order valence-electron chi connectivity index (χ3n) is 0.805. The molecule has 0 fully saturated rings. The van der Waals surface area contributed by atoms with Crippen LogP contribution in [0.3, 0.4) is 0 Å². The molecule has 0 amide bonds. The molecule has 1 heterocycles. The summed E-state index contributed by atoms with van der Waals surface area (Å²) in [5.74, 6) is 0. The quantitative estimate of drug-likeness (QED) is 0.300. The Morgan fingerprint density at radius 3 is 3.27 bits per heavy atom. The summed E-state index contributed by atoms with van der Waals surface area (Å²) in [6.07, 6.45) is 2.97. The summed E-state index contributed by atoms with van der Waals surface area (Å²) in [6, 6.07) is 0. The van der Waals surface area contributed by atoms with E-state index in [2.05, 4.69) is 38.2 Å². The smallest absolute Gasteiger partial charge is 0.184 e. The molecule has 0 spiro atoms. The molecule has 0 aliphatic heterocycles. The van der Waals surface area contributed by atoms with Crippen molar-refractivity contribution in [1.29, 1.82) is 0 Å². The van der Waals surface area contributed by atoms with E-state index < -0.39 is 0 Å². The molecule has 7 heteroatoms. The van der Waals surface area contributed by atoms with Crippen LogP contribution in [0.15, 0.2) is 11.3 Å². The normalized spacial score (nSPS) is 10.2. The second-order valence-electron chi connectivity index (χ2n) is 1.63. The lowest BCUT2D eigenvalue weighted by molar-refractivity contribution is 0.936. The fourth-order valence-electron chi connectivity index (χ4n) is 0.435. The third-order valence-corrected chi connectivity index (χ3v) is 0.897. The van der Waals surface area contributed by atoms with E-state index in [4.69, 9.17) is 5.73 Å². The number of nitrogens with one attached hydrogen (secondary N) is 2. The predicted molar refractivity (Wildman–Crippen MR) is 43.9 cm³/mol. The number of nitrogens with two attached hydrogens (primary N) is 1. The highest BCUT2D eigenvalue weighted by atomic mass is 32.1. The van der Waals surface area contributed by atoms with Crippen LogP contribution >= 0.6 is 12.2 Å². The number of hydrazone groups is 1. The maximum Gasteiger partial charge on any atom is 0.184 e. The van der Waals surface area contributed by atoms with Gasteiger partial charge < -0.3 is 5.73 Å². The van der Waals surface area contributed by atoms with Gasteiger partial charge in [0.15, 0.2) is 5.11 Å². The molecule has 0 saturated carbocycles. The average Bonchev–Trinajstić information content (AvgIpc) is 2.39. The highest BCUT2D eigenvalue weighted by Gasteiger charge is 1.87. The van der Waals surface area contributed by atoms with Crippen molar-refractivity contribution in [2.45, 2.75) is 0 Å². The van der Waals surface area contributed by atoms with Gasteiger partial charge in [0.2, 0.25) is 0 Å². The van der Waals surface area contributed by atoms with E-state index in [1.54, 1.807) is 0 Å². The van der Waals surface area contributed by atoms with Crippen LogP contribution in [-0.2, 0) is 0 Å². The van der Waals surface area contributed by atoms with Crippen molar-refractivity contribution in [1.82, 2.24) is 20.8 Å². The molecule has 0 atom stereocenters. The zero-order chi connectivity index (χ0) is 8.10. The summed E-state index contributed by atoms with van der Waals surface area (Å²) in [6.45, 7) is 0. The van der Waals surface area contributed by atoms with Gasteiger partial charge in [-0.05, 0) is 12.2 Å². The van der Waals surface area contributed by atoms with Gasteiger partial charge in [0, 0.05) is 0 Å². The monoisotopic (exact) mass is 170 g/mol. The first-order valence-electron chi connectivity index (χ1n) is 2.73. The number of hydrogen-bond donors (Lipinski definition) is 3. The highest BCUT2D eigenvalue weighted by Crippen LogP contribution is 1.79. The second-order valence-corrected chi connectivity index (χ2v) is 2.07. The number of aromatic nitrogens is 3. The molecule has 0 aliphatic carbocycles. The minimum absolute atomic E-state index is 0.116. The van der Waals surface area contributed by atoms with Gasteiger partial charge in [-0.25, -0.2) is 0 Å². The minimum Gasteiger partial charge on any atom is -0.375 e. The molecule has 0 unspecified atom stereocenters. The molecular formula is C4H6N6S. The lowest BCUT2D eigenvalue weighted by atomic mass is 10.5. The molecule has 1 aromatic heterocycles. The van der Waals surface area contributed by atoms with Gasteiger partial charge in [0.1, 0.15) is 5.69 Å². The maximum atomic E-state index is 5.09. The van der Waals surface area contributed by atoms with Crippen LogP contribution in [0.25, 0.3) is 0 Å². The Morgan fingerprint density at radius 1 is 1.91 bits per heavy atom. The summed E-state index contributed by atoms with van der Waals surface area (Å²) in [4.78, 5) is 0. The fourth-order valence-corrected chi connectivity index (χ4v) is 0.487. The Balaban J connectivity index is 2.43. The Hall–Kier alpha value is -1.50. The largest absolute Gasteiger partial charge is 0.375 e. The number of nitrogens with zero attached hydrogens (tertiary/aromatic N) is 3. The molecule has 0 bridgehead atoms. The lowest BCUT2D eigenvalue weighted by Crippen LogP contribution is -2.24. The third kappa shape index (κ3) is 2.72. The lowest BCUT2D eigenvalue weighted by Gasteiger charge is -1.90. The second kappa shape index (κ2) is 3.62. The summed E-state index contributed by atoms with van der Waals surface area (Å²) in [7, 11) is 0. The van der Waals surface area contributed by atoms with E-state index in [0.717, 1.165) is 0 Å². The number of hydrogen-bond acceptors (Lipinski definition) is 4. The molecule has 6 nitrogen and oxygen atoms in total. The summed E-state index contributed by atoms with van der Waals surface area (Å²) in [5.41, 5.74) is 8.08. The van der Waals surface area contributed by atoms with Crippen molar-refractivity contribution in [3.05, 3.63) is 11.9 Å². The van der Waals surface area contributed by atoms with Gasteiger partial charge >= 0.3 is 0 Å². The van der Waals surface area contributed by atoms with Crippen LogP contribution in [0.1, 0.15) is 5.69 Å². The van der Waals surface area contributed by atoms with Crippen LogP contribution in [0.4, 0.5) is 0 Å². The predicted octanol–water partition coefficient (Wildman–Crippen LogP) is -1.03. The summed E-state index contributed by atoms with van der Waals surface area (Å²) < 4.78 is 0. The molecule has 11 heavy (non-hydrogen) atoms. The molecule has 0 aromatic carbocycles. The van der Waals surface area contributed by atoms with Gasteiger partial charge in [-0.15, -0.1) is 0 Å². The molecule has 0 radical (unpaired) electrons. The zero-order valence-electron chi connectivity index (χ0n) is 5.48. The molecular weight excluding hydrogens is 164 g/mol. The van der Waals surface area contributed by atoms with Gasteiger partial charge in [0.25, 0.3) is 0 Å². The first kappa shape index (κ1) is 7.61. The number of rotatable bonds is 2. The van der Waals surface area contributed by atoms with E-state index in [-0.39, 0.29) is 5.11 Å². The van der Waals surface area contributed by atoms with Gasteiger partial charge in [-0.2, -0.15) is 20.5 Å². The van der Waals surface area contributed by atoms with Crippen LogP contribution in [0.5, 0.6) is 0 Å². The highest BCUT2D eigenvalue weighted by molar-refractivity contribution is 7.80. The van der Waals surface area contributed by atoms with Crippen molar-refractivity contribution >= 4 is 23.5 Å². The zero-order valence-corrected chi connectivity index (χ0v) is 6.30. The SMILES string of the molecule is NC(=S)NN=Cc1cn[nH]n1. The maximum absolute atomic E-state index is 5.09. The summed E-state index contributed by atoms with van der Waals surface area (Å²) >= 11 is 4.50.